The maximum Gasteiger partial charge on any atom is 0.416 e. The third-order valence-corrected chi connectivity index (χ3v) is 6.79. The molecule has 5 rings (SSSR count). The molecular formula is C27H30BrN5O3. The lowest BCUT2D eigenvalue weighted by Crippen LogP contribution is -2.45. The number of amides is 1. The highest BCUT2D eigenvalue weighted by molar-refractivity contribution is 9.10. The molecule has 1 saturated heterocycles. The standard InChI is InChI=1S/C27H30BrN5O3/c1-27(2,3)36-26(35)33(19-10-11-29-14-19)23-9-7-18(13-31-23)32-24-20-12-17(28)6-8-22(20)30-15-21(24)25(34)16-4-5-16/h6-9,12-13,15-16,19,29H,4-5,10-11,14H2,1-3H3,(H,30,32). The fourth-order valence-electron chi connectivity index (χ4n) is 4.40. The van der Waals surface area contributed by atoms with E-state index in [4.69, 9.17) is 4.74 Å². The predicted octanol–water partition coefficient (Wildman–Crippen LogP) is 5.83. The lowest BCUT2D eigenvalue weighted by molar-refractivity contribution is 0.0566. The molecular weight excluding hydrogens is 522 g/mol. The molecule has 0 radical (unpaired) electrons. The van der Waals surface area contributed by atoms with Crippen molar-refractivity contribution in [3.8, 4) is 0 Å². The minimum absolute atomic E-state index is 0.0320. The summed E-state index contributed by atoms with van der Waals surface area (Å²) in [5.74, 6) is 0.710. The molecule has 0 bridgehead atoms. The largest absolute Gasteiger partial charge is 0.443 e. The van der Waals surface area contributed by atoms with Crippen molar-refractivity contribution >= 4 is 55.9 Å². The Bertz CT molecular complexity index is 1300. The molecule has 1 aliphatic heterocycles. The minimum atomic E-state index is -0.607. The van der Waals surface area contributed by atoms with Gasteiger partial charge in [-0.05, 0) is 76.9 Å². The van der Waals surface area contributed by atoms with Gasteiger partial charge in [-0.15, -0.1) is 0 Å². The molecule has 36 heavy (non-hydrogen) atoms. The first-order valence-corrected chi connectivity index (χ1v) is 13.1. The summed E-state index contributed by atoms with van der Waals surface area (Å²) in [5, 5.41) is 7.58. The number of nitrogens with zero attached hydrogens (tertiary/aromatic N) is 3. The van der Waals surface area contributed by atoms with E-state index in [1.807, 2.05) is 51.1 Å². The predicted molar refractivity (Wildman–Crippen MR) is 144 cm³/mol. The molecule has 1 amide bonds. The number of nitrogens with one attached hydrogen (secondary N) is 2. The van der Waals surface area contributed by atoms with E-state index >= 15 is 0 Å². The van der Waals surface area contributed by atoms with E-state index in [1.54, 1.807) is 17.3 Å². The Labute approximate surface area is 219 Å². The highest BCUT2D eigenvalue weighted by Gasteiger charge is 2.34. The second-order valence-electron chi connectivity index (χ2n) is 10.4. The van der Waals surface area contributed by atoms with Crippen molar-refractivity contribution in [3.63, 3.8) is 0 Å². The van der Waals surface area contributed by atoms with Gasteiger partial charge in [0.1, 0.15) is 11.4 Å². The number of aromatic nitrogens is 2. The summed E-state index contributed by atoms with van der Waals surface area (Å²) >= 11 is 3.54. The van der Waals surface area contributed by atoms with E-state index in [9.17, 15) is 9.59 Å². The second kappa shape index (κ2) is 9.78. The molecule has 188 valence electrons. The van der Waals surface area contributed by atoms with E-state index in [2.05, 4.69) is 36.5 Å². The fraction of sp³-hybridized carbons (Fsp3) is 0.407. The molecule has 1 atom stereocenters. The average molecular weight is 552 g/mol. The number of hydrogen-bond acceptors (Lipinski definition) is 7. The number of carbonyl (C=O) groups excluding carboxylic acids is 2. The van der Waals surface area contributed by atoms with Crippen LogP contribution in [0.1, 0.15) is 50.4 Å². The number of ketones is 1. The number of ether oxygens (including phenoxy) is 1. The number of Topliss-reactive ketones (excluding diaryl/α,β-unsaturated/α-hetero) is 1. The van der Waals surface area contributed by atoms with Gasteiger partial charge in [-0.3, -0.25) is 14.7 Å². The van der Waals surface area contributed by atoms with Crippen molar-refractivity contribution in [3.05, 3.63) is 52.8 Å². The number of rotatable bonds is 6. The molecule has 2 aromatic heterocycles. The molecule has 1 unspecified atom stereocenters. The van der Waals surface area contributed by atoms with Crippen LogP contribution in [-0.4, -0.2) is 46.6 Å². The van der Waals surface area contributed by atoms with Crippen LogP contribution in [0, 0.1) is 5.92 Å². The molecule has 2 N–H and O–H groups in total. The second-order valence-corrected chi connectivity index (χ2v) is 11.3. The van der Waals surface area contributed by atoms with Gasteiger partial charge in [0.15, 0.2) is 5.78 Å². The maximum absolute atomic E-state index is 13.1. The van der Waals surface area contributed by atoms with Crippen LogP contribution in [-0.2, 0) is 4.74 Å². The normalized spacial score (nSPS) is 17.7. The van der Waals surface area contributed by atoms with E-state index in [0.717, 1.165) is 46.9 Å². The number of hydrogen-bond donors (Lipinski definition) is 2. The lowest BCUT2D eigenvalue weighted by atomic mass is 10.0. The Hall–Kier alpha value is -3.04. The zero-order valence-corrected chi connectivity index (χ0v) is 22.3. The number of benzene rings is 1. The van der Waals surface area contributed by atoms with Crippen molar-refractivity contribution < 1.29 is 14.3 Å². The summed E-state index contributed by atoms with van der Waals surface area (Å²) in [6.07, 6.45) is 5.60. The molecule has 9 heteroatoms. The topological polar surface area (TPSA) is 96.5 Å². The molecule has 8 nitrogen and oxygen atoms in total. The Morgan fingerprint density at radius 3 is 2.56 bits per heavy atom. The molecule has 2 aliphatic rings. The Morgan fingerprint density at radius 2 is 1.92 bits per heavy atom. The first-order chi connectivity index (χ1) is 17.2. The highest BCUT2D eigenvalue weighted by atomic mass is 79.9. The van der Waals surface area contributed by atoms with Gasteiger partial charge in [0.2, 0.25) is 0 Å². The highest BCUT2D eigenvalue weighted by Crippen LogP contribution is 2.38. The molecule has 1 aromatic carbocycles. The summed E-state index contributed by atoms with van der Waals surface area (Å²) in [6, 6.07) is 9.47. The van der Waals surface area contributed by atoms with Crippen LogP contribution in [0.15, 0.2) is 47.2 Å². The molecule has 0 spiro atoms. The minimum Gasteiger partial charge on any atom is -0.443 e. The molecule has 2 fully saturated rings. The molecule has 3 heterocycles. The molecule has 1 saturated carbocycles. The van der Waals surface area contributed by atoms with E-state index in [1.165, 1.54) is 0 Å². The molecule has 3 aromatic rings. The van der Waals surface area contributed by atoms with Gasteiger partial charge in [-0.2, -0.15) is 0 Å². The summed E-state index contributed by atoms with van der Waals surface area (Å²) in [5.41, 5.74) is 2.20. The van der Waals surface area contributed by atoms with Crippen LogP contribution >= 0.6 is 15.9 Å². The summed E-state index contributed by atoms with van der Waals surface area (Å²) in [4.78, 5) is 36.9. The van der Waals surface area contributed by atoms with E-state index in [-0.39, 0.29) is 17.7 Å². The summed E-state index contributed by atoms with van der Waals surface area (Å²) in [7, 11) is 0. The Morgan fingerprint density at radius 1 is 1.11 bits per heavy atom. The van der Waals surface area contributed by atoms with Gasteiger partial charge in [-0.25, -0.2) is 9.78 Å². The van der Waals surface area contributed by atoms with Crippen molar-refractivity contribution in [2.45, 2.75) is 51.7 Å². The quantitative estimate of drug-likeness (QED) is 0.372. The zero-order chi connectivity index (χ0) is 25.4. The summed E-state index contributed by atoms with van der Waals surface area (Å²) in [6.45, 7) is 7.09. The van der Waals surface area contributed by atoms with Crippen LogP contribution in [0.5, 0.6) is 0 Å². The third kappa shape index (κ3) is 5.37. The van der Waals surface area contributed by atoms with Gasteiger partial charge in [0, 0.05) is 28.5 Å². The van der Waals surface area contributed by atoms with Crippen LogP contribution in [0.4, 0.5) is 22.0 Å². The van der Waals surface area contributed by atoms with Gasteiger partial charge in [0.25, 0.3) is 0 Å². The van der Waals surface area contributed by atoms with Gasteiger partial charge >= 0.3 is 6.09 Å². The first kappa shape index (κ1) is 24.6. The fourth-order valence-corrected chi connectivity index (χ4v) is 4.76. The van der Waals surface area contributed by atoms with Crippen molar-refractivity contribution in [1.82, 2.24) is 15.3 Å². The smallest absolute Gasteiger partial charge is 0.416 e. The van der Waals surface area contributed by atoms with Crippen molar-refractivity contribution in [1.29, 1.82) is 0 Å². The monoisotopic (exact) mass is 551 g/mol. The Balaban J connectivity index is 1.47. The average Bonchev–Trinajstić information content (AvgIpc) is 3.55. The SMILES string of the molecule is CC(C)(C)OC(=O)N(c1ccc(Nc2c(C(=O)C3CC3)cnc3ccc(Br)cc23)cn1)C1CCNC1. The van der Waals surface area contributed by atoms with Crippen molar-refractivity contribution in [2.24, 2.45) is 5.92 Å². The van der Waals surface area contributed by atoms with Gasteiger partial charge in [-0.1, -0.05) is 15.9 Å². The zero-order valence-electron chi connectivity index (χ0n) is 20.7. The van der Waals surface area contributed by atoms with Gasteiger partial charge < -0.3 is 15.4 Å². The number of anilines is 3. The number of fused-ring (bicyclic) bond motifs is 1. The van der Waals surface area contributed by atoms with E-state index < -0.39 is 11.7 Å². The summed E-state index contributed by atoms with van der Waals surface area (Å²) < 4.78 is 6.58. The maximum atomic E-state index is 13.1. The van der Waals surface area contributed by atoms with Crippen LogP contribution in [0.2, 0.25) is 0 Å². The number of halogens is 1. The molecule has 1 aliphatic carbocycles. The number of carbonyl (C=O) groups is 2. The van der Waals surface area contributed by atoms with Crippen LogP contribution < -0.4 is 15.5 Å². The Kier molecular flexibility index (Phi) is 6.70. The van der Waals surface area contributed by atoms with Crippen LogP contribution in [0.3, 0.4) is 0 Å². The lowest BCUT2D eigenvalue weighted by Gasteiger charge is -2.30. The first-order valence-electron chi connectivity index (χ1n) is 12.3. The van der Waals surface area contributed by atoms with Gasteiger partial charge in [0.05, 0.1) is 34.7 Å². The van der Waals surface area contributed by atoms with Crippen molar-refractivity contribution in [2.75, 3.05) is 23.3 Å². The van der Waals surface area contributed by atoms with Crippen LogP contribution in [0.25, 0.3) is 10.9 Å². The third-order valence-electron chi connectivity index (χ3n) is 6.30. The number of pyridine rings is 2. The van der Waals surface area contributed by atoms with E-state index in [0.29, 0.717) is 23.6 Å².